The molecular formula is C11H23NO. The van der Waals surface area contributed by atoms with Crippen molar-refractivity contribution in [1.29, 1.82) is 0 Å². The zero-order chi connectivity index (χ0) is 9.90. The predicted octanol–water partition coefficient (Wildman–Crippen LogP) is 2.33. The summed E-state index contributed by atoms with van der Waals surface area (Å²) in [6.45, 7) is 6.68. The number of hydrogen-bond acceptors (Lipinski definition) is 2. The van der Waals surface area contributed by atoms with E-state index in [2.05, 4.69) is 26.1 Å². The zero-order valence-corrected chi connectivity index (χ0v) is 9.39. The maximum Gasteiger partial charge on any atom is 0.0586 e. The third-order valence-corrected chi connectivity index (χ3v) is 2.60. The van der Waals surface area contributed by atoms with Crippen LogP contribution in [0.2, 0.25) is 0 Å². The van der Waals surface area contributed by atoms with Crippen LogP contribution in [0.5, 0.6) is 0 Å². The molecule has 1 aliphatic rings. The van der Waals surface area contributed by atoms with Crippen molar-refractivity contribution in [2.24, 2.45) is 0 Å². The Morgan fingerprint density at radius 3 is 2.46 bits per heavy atom. The molecule has 13 heavy (non-hydrogen) atoms. The number of ether oxygens (including phenoxy) is 1. The topological polar surface area (TPSA) is 21.3 Å². The van der Waals surface area contributed by atoms with Crippen LogP contribution in [0.25, 0.3) is 0 Å². The van der Waals surface area contributed by atoms with Crippen LogP contribution >= 0.6 is 0 Å². The van der Waals surface area contributed by atoms with E-state index in [1.807, 2.05) is 7.11 Å². The highest BCUT2D eigenvalue weighted by molar-refractivity contribution is 4.83. The highest BCUT2D eigenvalue weighted by Crippen LogP contribution is 2.22. The summed E-state index contributed by atoms with van der Waals surface area (Å²) >= 11 is 0. The van der Waals surface area contributed by atoms with Gasteiger partial charge in [-0.15, -0.1) is 0 Å². The van der Waals surface area contributed by atoms with E-state index < -0.39 is 0 Å². The first-order chi connectivity index (χ1) is 6.01. The van der Waals surface area contributed by atoms with Crippen molar-refractivity contribution in [1.82, 2.24) is 5.32 Å². The fourth-order valence-electron chi connectivity index (χ4n) is 2.10. The average molecular weight is 185 g/mol. The summed E-state index contributed by atoms with van der Waals surface area (Å²) in [7, 11) is 1.82. The van der Waals surface area contributed by atoms with Crippen LogP contribution in [0, 0.1) is 0 Å². The molecular weight excluding hydrogens is 162 g/mol. The number of hydrogen-bond donors (Lipinski definition) is 1. The highest BCUT2D eigenvalue weighted by Gasteiger charge is 2.24. The van der Waals surface area contributed by atoms with Crippen molar-refractivity contribution in [2.75, 3.05) is 7.11 Å². The number of nitrogens with one attached hydrogen (secondary N) is 1. The molecule has 1 fully saturated rings. The van der Waals surface area contributed by atoms with Gasteiger partial charge in [-0.05, 0) is 46.5 Å². The zero-order valence-electron chi connectivity index (χ0n) is 9.39. The van der Waals surface area contributed by atoms with Crippen molar-refractivity contribution >= 4 is 0 Å². The second-order valence-corrected chi connectivity index (χ2v) is 5.12. The number of rotatable bonds is 2. The fourth-order valence-corrected chi connectivity index (χ4v) is 2.10. The Morgan fingerprint density at radius 2 is 1.92 bits per heavy atom. The van der Waals surface area contributed by atoms with Gasteiger partial charge in [0.15, 0.2) is 0 Å². The molecule has 0 amide bonds. The van der Waals surface area contributed by atoms with Gasteiger partial charge in [0.25, 0.3) is 0 Å². The summed E-state index contributed by atoms with van der Waals surface area (Å²) in [4.78, 5) is 0. The molecule has 2 nitrogen and oxygen atoms in total. The van der Waals surface area contributed by atoms with Gasteiger partial charge in [0.2, 0.25) is 0 Å². The number of methoxy groups -OCH3 is 1. The first-order valence-corrected chi connectivity index (χ1v) is 5.32. The van der Waals surface area contributed by atoms with Gasteiger partial charge in [-0.3, -0.25) is 0 Å². The molecule has 0 aromatic rings. The van der Waals surface area contributed by atoms with Crippen molar-refractivity contribution in [3.05, 3.63) is 0 Å². The van der Waals surface area contributed by atoms with E-state index in [0.717, 1.165) is 0 Å². The lowest BCUT2D eigenvalue weighted by Crippen LogP contribution is -2.46. The summed E-state index contributed by atoms with van der Waals surface area (Å²) in [5.41, 5.74) is 0.236. The van der Waals surface area contributed by atoms with Gasteiger partial charge >= 0.3 is 0 Å². The minimum absolute atomic E-state index is 0.236. The standard InChI is InChI=1S/C11H23NO/c1-11(2,3)12-9-6-5-7-10(8-9)13-4/h9-10,12H,5-8H2,1-4H3. The molecule has 2 unspecified atom stereocenters. The smallest absolute Gasteiger partial charge is 0.0586 e. The van der Waals surface area contributed by atoms with E-state index in [0.29, 0.717) is 12.1 Å². The minimum atomic E-state index is 0.236. The molecule has 2 atom stereocenters. The largest absolute Gasteiger partial charge is 0.381 e. The fraction of sp³-hybridized carbons (Fsp3) is 1.00. The minimum Gasteiger partial charge on any atom is -0.381 e. The summed E-state index contributed by atoms with van der Waals surface area (Å²) in [5.74, 6) is 0. The molecule has 0 bridgehead atoms. The Balaban J connectivity index is 2.34. The normalized spacial score (nSPS) is 30.5. The second kappa shape index (κ2) is 4.43. The van der Waals surface area contributed by atoms with E-state index in [1.54, 1.807) is 0 Å². The van der Waals surface area contributed by atoms with Crippen LogP contribution < -0.4 is 5.32 Å². The predicted molar refractivity (Wildman–Crippen MR) is 55.9 cm³/mol. The molecule has 0 aromatic heterocycles. The Labute approximate surface area is 82.0 Å². The van der Waals surface area contributed by atoms with E-state index in [4.69, 9.17) is 4.74 Å². The highest BCUT2D eigenvalue weighted by atomic mass is 16.5. The molecule has 0 aromatic carbocycles. The third-order valence-electron chi connectivity index (χ3n) is 2.60. The van der Waals surface area contributed by atoms with Crippen molar-refractivity contribution in [2.45, 2.75) is 64.1 Å². The lowest BCUT2D eigenvalue weighted by Gasteiger charge is -2.34. The van der Waals surface area contributed by atoms with Gasteiger partial charge < -0.3 is 10.1 Å². The monoisotopic (exact) mass is 185 g/mol. The molecule has 1 N–H and O–H groups in total. The van der Waals surface area contributed by atoms with Gasteiger partial charge in [0.05, 0.1) is 6.10 Å². The molecule has 1 rings (SSSR count). The molecule has 1 aliphatic carbocycles. The van der Waals surface area contributed by atoms with Crippen LogP contribution in [0.3, 0.4) is 0 Å². The molecule has 0 radical (unpaired) electrons. The maximum absolute atomic E-state index is 5.40. The van der Waals surface area contributed by atoms with Gasteiger partial charge in [-0.25, -0.2) is 0 Å². The van der Waals surface area contributed by atoms with Crippen LogP contribution in [0.1, 0.15) is 46.5 Å². The van der Waals surface area contributed by atoms with Crippen LogP contribution in [-0.4, -0.2) is 24.8 Å². The van der Waals surface area contributed by atoms with E-state index in [9.17, 15) is 0 Å². The van der Waals surface area contributed by atoms with Crippen LogP contribution in [0.15, 0.2) is 0 Å². The Bertz CT molecular complexity index is 151. The third kappa shape index (κ3) is 4.10. The lowest BCUT2D eigenvalue weighted by atomic mass is 9.91. The van der Waals surface area contributed by atoms with Crippen LogP contribution in [-0.2, 0) is 4.74 Å². The molecule has 0 heterocycles. The van der Waals surface area contributed by atoms with Crippen molar-refractivity contribution < 1.29 is 4.74 Å². The van der Waals surface area contributed by atoms with E-state index in [1.165, 1.54) is 25.7 Å². The van der Waals surface area contributed by atoms with Crippen molar-refractivity contribution in [3.63, 3.8) is 0 Å². The molecule has 78 valence electrons. The van der Waals surface area contributed by atoms with Gasteiger partial charge in [-0.2, -0.15) is 0 Å². The van der Waals surface area contributed by atoms with Gasteiger partial charge in [-0.1, -0.05) is 0 Å². The van der Waals surface area contributed by atoms with Gasteiger partial charge in [0.1, 0.15) is 0 Å². The first kappa shape index (κ1) is 11.0. The van der Waals surface area contributed by atoms with E-state index in [-0.39, 0.29) is 5.54 Å². The Kier molecular flexibility index (Phi) is 3.74. The lowest BCUT2D eigenvalue weighted by molar-refractivity contribution is 0.0547. The molecule has 1 saturated carbocycles. The molecule has 0 spiro atoms. The van der Waals surface area contributed by atoms with E-state index >= 15 is 0 Å². The molecule has 0 aliphatic heterocycles. The summed E-state index contributed by atoms with van der Waals surface area (Å²) in [6, 6.07) is 0.652. The quantitative estimate of drug-likeness (QED) is 0.713. The summed E-state index contributed by atoms with van der Waals surface area (Å²) in [6.07, 6.45) is 5.49. The summed E-state index contributed by atoms with van der Waals surface area (Å²) in [5, 5.41) is 3.64. The van der Waals surface area contributed by atoms with Gasteiger partial charge in [0, 0.05) is 18.7 Å². The SMILES string of the molecule is COC1CCCC(NC(C)(C)C)C1. The first-order valence-electron chi connectivity index (χ1n) is 5.32. The maximum atomic E-state index is 5.40. The Hall–Kier alpha value is -0.0800. The molecule has 0 saturated heterocycles. The summed E-state index contributed by atoms with van der Waals surface area (Å²) < 4.78 is 5.40. The second-order valence-electron chi connectivity index (χ2n) is 5.12. The van der Waals surface area contributed by atoms with Crippen LogP contribution in [0.4, 0.5) is 0 Å². The molecule has 2 heteroatoms. The van der Waals surface area contributed by atoms with Crippen molar-refractivity contribution in [3.8, 4) is 0 Å². The Morgan fingerprint density at radius 1 is 1.23 bits per heavy atom. The average Bonchev–Trinajstić information content (AvgIpc) is 2.01.